The van der Waals surface area contributed by atoms with Crippen LogP contribution in [0.5, 0.6) is 0 Å². The largest absolute Gasteiger partial charge is 0.213 e. The summed E-state index contributed by atoms with van der Waals surface area (Å²) in [4.78, 5) is 0. The molecule has 0 bridgehead atoms. The van der Waals surface area contributed by atoms with Crippen molar-refractivity contribution in [2.24, 2.45) is 0 Å². The Kier molecular flexibility index (Phi) is 2.56. The third-order valence-electron chi connectivity index (χ3n) is 3.38. The van der Waals surface area contributed by atoms with Gasteiger partial charge in [-0.3, -0.25) is 0 Å². The summed E-state index contributed by atoms with van der Waals surface area (Å²) in [6.45, 7) is 0. The number of aromatic nitrogens is 3. The predicted octanol–water partition coefficient (Wildman–Crippen LogP) is 2.55. The minimum atomic E-state index is -0.354. The van der Waals surface area contributed by atoms with E-state index in [0.29, 0.717) is 11.4 Å². The van der Waals surface area contributed by atoms with E-state index < -0.39 is 0 Å². The van der Waals surface area contributed by atoms with Gasteiger partial charge in [0.15, 0.2) is 5.69 Å². The van der Waals surface area contributed by atoms with Gasteiger partial charge in [-0.15, -0.1) is 5.10 Å². The van der Waals surface area contributed by atoms with Gasteiger partial charge in [0, 0.05) is 5.92 Å². The van der Waals surface area contributed by atoms with E-state index in [9.17, 15) is 4.39 Å². The maximum Gasteiger partial charge on any atom is 0.186 e. The molecule has 0 N–H and O–H groups in total. The first-order valence-corrected chi connectivity index (χ1v) is 5.92. The molecule has 1 aliphatic rings. The first-order valence-electron chi connectivity index (χ1n) is 5.92. The summed E-state index contributed by atoms with van der Waals surface area (Å²) in [5.74, 6) is -0.0817. The van der Waals surface area contributed by atoms with Crippen molar-refractivity contribution in [2.45, 2.75) is 25.2 Å². The van der Waals surface area contributed by atoms with Crippen molar-refractivity contribution < 1.29 is 4.39 Å². The van der Waals surface area contributed by atoms with Crippen molar-refractivity contribution in [1.29, 1.82) is 5.26 Å². The molecule has 0 saturated heterocycles. The van der Waals surface area contributed by atoms with Gasteiger partial charge < -0.3 is 0 Å². The summed E-state index contributed by atoms with van der Waals surface area (Å²) in [5, 5.41) is 16.8. The van der Waals surface area contributed by atoms with Crippen LogP contribution in [0.4, 0.5) is 4.39 Å². The van der Waals surface area contributed by atoms with Gasteiger partial charge in [-0.05, 0) is 25.0 Å². The molecule has 1 aliphatic carbocycles. The number of rotatable bonds is 2. The van der Waals surface area contributed by atoms with E-state index in [-0.39, 0.29) is 11.7 Å². The lowest BCUT2D eigenvalue weighted by molar-refractivity contribution is 0.401. The Morgan fingerprint density at radius 2 is 2.11 bits per heavy atom. The Morgan fingerprint density at radius 3 is 2.72 bits per heavy atom. The van der Waals surface area contributed by atoms with Crippen molar-refractivity contribution in [2.75, 3.05) is 0 Å². The maximum absolute atomic E-state index is 13.8. The monoisotopic (exact) mass is 242 g/mol. The Hall–Kier alpha value is -2.22. The molecule has 90 valence electrons. The summed E-state index contributed by atoms with van der Waals surface area (Å²) in [6.07, 6.45) is 3.16. The minimum Gasteiger partial charge on any atom is -0.213 e. The van der Waals surface area contributed by atoms with Crippen LogP contribution in [0.2, 0.25) is 0 Å². The highest BCUT2D eigenvalue weighted by Crippen LogP contribution is 2.38. The fourth-order valence-electron chi connectivity index (χ4n) is 2.22. The maximum atomic E-state index is 13.8. The molecule has 3 rings (SSSR count). The van der Waals surface area contributed by atoms with Crippen LogP contribution in [-0.4, -0.2) is 15.0 Å². The molecule has 2 aromatic rings. The zero-order valence-electron chi connectivity index (χ0n) is 9.67. The molecule has 0 radical (unpaired) electrons. The summed E-state index contributed by atoms with van der Waals surface area (Å²) in [5.41, 5.74) is 1.41. The minimum absolute atomic E-state index is 0.272. The average molecular weight is 242 g/mol. The topological polar surface area (TPSA) is 54.5 Å². The van der Waals surface area contributed by atoms with Crippen molar-refractivity contribution in [1.82, 2.24) is 15.0 Å². The molecule has 0 unspecified atom stereocenters. The van der Waals surface area contributed by atoms with Gasteiger partial charge in [0.1, 0.15) is 17.6 Å². The Morgan fingerprint density at radius 1 is 1.33 bits per heavy atom. The van der Waals surface area contributed by atoms with Crippen LogP contribution in [-0.2, 0) is 0 Å². The molecular weight excluding hydrogens is 231 g/mol. The van der Waals surface area contributed by atoms with E-state index in [1.54, 1.807) is 18.2 Å². The van der Waals surface area contributed by atoms with Gasteiger partial charge in [0.2, 0.25) is 0 Å². The molecule has 18 heavy (non-hydrogen) atoms. The van der Waals surface area contributed by atoms with Crippen molar-refractivity contribution in [3.05, 3.63) is 41.5 Å². The van der Waals surface area contributed by atoms with Crippen LogP contribution in [0.1, 0.15) is 36.6 Å². The van der Waals surface area contributed by atoms with Crippen LogP contribution < -0.4 is 0 Å². The summed E-state index contributed by atoms with van der Waals surface area (Å²) >= 11 is 0. The molecule has 0 amide bonds. The lowest BCUT2D eigenvalue weighted by Gasteiger charge is -2.25. The molecule has 5 heteroatoms. The van der Waals surface area contributed by atoms with E-state index >= 15 is 0 Å². The van der Waals surface area contributed by atoms with Crippen LogP contribution in [0.15, 0.2) is 24.3 Å². The molecule has 4 nitrogen and oxygen atoms in total. The number of nitriles is 1. The quantitative estimate of drug-likeness (QED) is 0.813. The first-order chi connectivity index (χ1) is 8.81. The predicted molar refractivity (Wildman–Crippen MR) is 62.6 cm³/mol. The Bertz CT molecular complexity index is 622. The third-order valence-corrected chi connectivity index (χ3v) is 3.38. The third kappa shape index (κ3) is 1.58. The molecule has 1 saturated carbocycles. The highest BCUT2D eigenvalue weighted by Gasteiger charge is 2.28. The van der Waals surface area contributed by atoms with Crippen LogP contribution in [0.25, 0.3) is 5.69 Å². The lowest BCUT2D eigenvalue weighted by atomic mass is 9.82. The smallest absolute Gasteiger partial charge is 0.186 e. The van der Waals surface area contributed by atoms with Gasteiger partial charge in [0.25, 0.3) is 0 Å². The second kappa shape index (κ2) is 4.22. The Balaban J connectivity index is 2.15. The highest BCUT2D eigenvalue weighted by molar-refractivity contribution is 5.39. The summed E-state index contributed by atoms with van der Waals surface area (Å²) < 4.78 is 15.3. The van der Waals surface area contributed by atoms with E-state index in [1.165, 1.54) is 10.7 Å². The first kappa shape index (κ1) is 10.9. The second-order valence-electron chi connectivity index (χ2n) is 4.43. The zero-order chi connectivity index (χ0) is 12.5. The SMILES string of the molecule is N#Cc1nnn(-c2ccccc2F)c1C1CCC1. The lowest BCUT2D eigenvalue weighted by Crippen LogP contribution is -2.16. The normalized spacial score (nSPS) is 15.1. The number of hydrogen-bond donors (Lipinski definition) is 0. The van der Waals surface area contributed by atoms with Gasteiger partial charge in [-0.2, -0.15) is 5.26 Å². The van der Waals surface area contributed by atoms with E-state index in [2.05, 4.69) is 10.3 Å². The van der Waals surface area contributed by atoms with Gasteiger partial charge in [-0.25, -0.2) is 9.07 Å². The van der Waals surface area contributed by atoms with Crippen LogP contribution >= 0.6 is 0 Å². The van der Waals surface area contributed by atoms with E-state index in [0.717, 1.165) is 25.0 Å². The average Bonchev–Trinajstić information content (AvgIpc) is 2.71. The fourth-order valence-corrected chi connectivity index (χ4v) is 2.22. The highest BCUT2D eigenvalue weighted by atomic mass is 19.1. The summed E-state index contributed by atoms with van der Waals surface area (Å²) in [6, 6.07) is 8.44. The van der Waals surface area contributed by atoms with E-state index in [4.69, 9.17) is 5.26 Å². The molecule has 0 atom stereocenters. The van der Waals surface area contributed by atoms with E-state index in [1.807, 2.05) is 6.07 Å². The van der Waals surface area contributed by atoms with Crippen molar-refractivity contribution >= 4 is 0 Å². The molecule has 1 heterocycles. The second-order valence-corrected chi connectivity index (χ2v) is 4.43. The molecule has 0 aliphatic heterocycles. The van der Waals surface area contributed by atoms with Gasteiger partial charge in [0.05, 0.1) is 5.69 Å². The molecule has 1 aromatic heterocycles. The fraction of sp³-hybridized carbons (Fsp3) is 0.308. The zero-order valence-corrected chi connectivity index (χ0v) is 9.67. The van der Waals surface area contributed by atoms with Crippen LogP contribution in [0.3, 0.4) is 0 Å². The molecule has 1 fully saturated rings. The van der Waals surface area contributed by atoms with Gasteiger partial charge >= 0.3 is 0 Å². The molecule has 0 spiro atoms. The van der Waals surface area contributed by atoms with Crippen LogP contribution in [0, 0.1) is 17.1 Å². The van der Waals surface area contributed by atoms with Gasteiger partial charge in [-0.1, -0.05) is 23.8 Å². The summed E-state index contributed by atoms with van der Waals surface area (Å²) in [7, 11) is 0. The number of benzene rings is 1. The number of halogens is 1. The van der Waals surface area contributed by atoms with Crippen molar-refractivity contribution in [3.63, 3.8) is 0 Å². The molecular formula is C13H11FN4. The molecule has 1 aromatic carbocycles. The Labute approximate surface area is 104 Å². The standard InChI is InChI=1S/C13H11FN4/c14-10-6-1-2-7-12(10)18-13(9-4-3-5-9)11(8-15)16-17-18/h1-2,6-7,9H,3-5H2. The van der Waals surface area contributed by atoms with Crippen molar-refractivity contribution in [3.8, 4) is 11.8 Å². The number of nitrogens with zero attached hydrogens (tertiary/aromatic N) is 4. The number of hydrogen-bond acceptors (Lipinski definition) is 3. The number of para-hydroxylation sites is 1.